The second-order valence-electron chi connectivity index (χ2n) is 7.63. The van der Waals surface area contributed by atoms with Gasteiger partial charge in [0.05, 0.1) is 16.6 Å². The maximum absolute atomic E-state index is 12.8. The number of nitrogens with zero attached hydrogens (tertiary/aromatic N) is 5. The average Bonchev–Trinajstić information content (AvgIpc) is 2.86. The third kappa shape index (κ3) is 4.81. The van der Waals surface area contributed by atoms with Crippen LogP contribution in [-0.4, -0.2) is 25.4 Å². The molecular formula is C26H21N7O. The molecular weight excluding hydrogens is 426 g/mol. The smallest absolute Gasteiger partial charge is 0.255 e. The van der Waals surface area contributed by atoms with Crippen LogP contribution in [0.1, 0.15) is 10.4 Å². The number of aryl methyl sites for hydroxylation is 1. The molecule has 34 heavy (non-hydrogen) atoms. The van der Waals surface area contributed by atoms with E-state index in [1.165, 1.54) is 6.33 Å². The third-order valence-electron chi connectivity index (χ3n) is 5.13. The summed E-state index contributed by atoms with van der Waals surface area (Å²) in [6.45, 7) is 0. The van der Waals surface area contributed by atoms with E-state index in [9.17, 15) is 4.79 Å². The summed E-state index contributed by atoms with van der Waals surface area (Å²) in [5.41, 5.74) is 4.20. The molecule has 5 rings (SSSR count). The minimum atomic E-state index is -0.204. The van der Waals surface area contributed by atoms with Gasteiger partial charge >= 0.3 is 0 Å². The van der Waals surface area contributed by atoms with Crippen molar-refractivity contribution in [3.63, 3.8) is 0 Å². The number of hydrogen-bond acceptors (Lipinski definition) is 6. The lowest BCUT2D eigenvalue weighted by Crippen LogP contribution is -2.11. The zero-order valence-electron chi connectivity index (χ0n) is 18.4. The van der Waals surface area contributed by atoms with Gasteiger partial charge in [0.2, 0.25) is 0 Å². The number of rotatable bonds is 5. The zero-order chi connectivity index (χ0) is 23.3. The Bertz CT molecular complexity index is 1520. The number of amides is 1. The van der Waals surface area contributed by atoms with E-state index < -0.39 is 0 Å². The molecule has 8 nitrogen and oxygen atoms in total. The van der Waals surface area contributed by atoms with Crippen molar-refractivity contribution in [3.8, 4) is 0 Å². The van der Waals surface area contributed by atoms with Gasteiger partial charge in [-0.1, -0.05) is 6.07 Å². The lowest BCUT2D eigenvalue weighted by molar-refractivity contribution is 0.102. The molecule has 0 aliphatic heterocycles. The highest BCUT2D eigenvalue weighted by Crippen LogP contribution is 2.22. The van der Waals surface area contributed by atoms with Crippen molar-refractivity contribution in [2.75, 3.05) is 10.6 Å². The molecule has 1 amide bonds. The molecule has 8 heteroatoms. The van der Waals surface area contributed by atoms with Crippen LogP contribution in [0.5, 0.6) is 0 Å². The van der Waals surface area contributed by atoms with Crippen LogP contribution in [0.4, 0.5) is 22.9 Å². The molecule has 0 spiro atoms. The van der Waals surface area contributed by atoms with Crippen LogP contribution in [0.25, 0.3) is 11.0 Å². The molecule has 166 valence electrons. The summed E-state index contributed by atoms with van der Waals surface area (Å²) < 4.78 is 1.95. The predicted molar refractivity (Wildman–Crippen MR) is 132 cm³/mol. The lowest BCUT2D eigenvalue weighted by Gasteiger charge is -2.09. The lowest BCUT2D eigenvalue weighted by atomic mass is 10.2. The fourth-order valence-electron chi connectivity index (χ4n) is 3.40. The van der Waals surface area contributed by atoms with E-state index in [2.05, 4.69) is 30.6 Å². The Labute approximate surface area is 195 Å². The molecule has 2 N–H and O–H groups in total. The molecule has 3 heterocycles. The van der Waals surface area contributed by atoms with Gasteiger partial charge in [-0.2, -0.15) is 0 Å². The second kappa shape index (κ2) is 9.33. The van der Waals surface area contributed by atoms with Crippen molar-refractivity contribution in [2.24, 2.45) is 12.0 Å². The topological polar surface area (TPSA) is 97.1 Å². The van der Waals surface area contributed by atoms with E-state index in [1.807, 2.05) is 84.7 Å². The fraction of sp³-hybridized carbons (Fsp3) is 0.0385. The van der Waals surface area contributed by atoms with Crippen molar-refractivity contribution >= 4 is 39.8 Å². The van der Waals surface area contributed by atoms with Crippen molar-refractivity contribution in [1.82, 2.24) is 19.5 Å². The van der Waals surface area contributed by atoms with E-state index in [0.717, 1.165) is 22.2 Å². The highest BCUT2D eigenvalue weighted by molar-refractivity contribution is 6.04. The Morgan fingerprint density at radius 3 is 2.53 bits per heavy atom. The summed E-state index contributed by atoms with van der Waals surface area (Å²) in [7, 11) is 1.96. The predicted octanol–water partition coefficient (Wildman–Crippen LogP) is 4.59. The van der Waals surface area contributed by atoms with Gasteiger partial charge in [-0.3, -0.25) is 9.78 Å². The maximum atomic E-state index is 12.8. The Morgan fingerprint density at radius 1 is 0.882 bits per heavy atom. The van der Waals surface area contributed by atoms with E-state index in [-0.39, 0.29) is 5.91 Å². The van der Waals surface area contributed by atoms with E-state index in [4.69, 9.17) is 0 Å². The Kier molecular flexibility index (Phi) is 5.77. The van der Waals surface area contributed by atoms with Crippen LogP contribution in [0.15, 0.2) is 103 Å². The molecule has 0 atom stereocenters. The van der Waals surface area contributed by atoms with Crippen LogP contribution in [0.2, 0.25) is 0 Å². The Morgan fingerprint density at radius 2 is 1.71 bits per heavy atom. The molecule has 2 aromatic carbocycles. The fourth-order valence-corrected chi connectivity index (χ4v) is 3.40. The number of nitrogens with one attached hydrogen (secondary N) is 2. The highest BCUT2D eigenvalue weighted by atomic mass is 16.1. The quantitative estimate of drug-likeness (QED) is 0.411. The molecule has 0 fully saturated rings. The molecule has 0 bridgehead atoms. The summed E-state index contributed by atoms with van der Waals surface area (Å²) in [6, 6.07) is 22.2. The molecule has 0 unspecified atom stereocenters. The molecule has 0 saturated carbocycles. The summed E-state index contributed by atoms with van der Waals surface area (Å²) in [5.74, 6) is 0.403. The maximum Gasteiger partial charge on any atom is 0.255 e. The van der Waals surface area contributed by atoms with Crippen LogP contribution in [-0.2, 0) is 7.05 Å². The number of aromatic nitrogens is 4. The Hall–Kier alpha value is -4.85. The van der Waals surface area contributed by atoms with Crippen molar-refractivity contribution < 1.29 is 4.79 Å². The molecule has 0 aliphatic carbocycles. The first-order valence-corrected chi connectivity index (χ1v) is 10.7. The number of fused-ring (bicyclic) bond motifs is 1. The number of anilines is 3. The molecule has 3 aromatic heterocycles. The summed E-state index contributed by atoms with van der Waals surface area (Å²) in [5, 5.41) is 7.01. The van der Waals surface area contributed by atoms with E-state index in [1.54, 1.807) is 18.3 Å². The summed E-state index contributed by atoms with van der Waals surface area (Å²) in [4.78, 5) is 30.2. The van der Waals surface area contributed by atoms with Gasteiger partial charge in [0.15, 0.2) is 5.82 Å². The number of carbonyl (C=O) groups excluding carboxylic acids is 1. The van der Waals surface area contributed by atoms with E-state index in [0.29, 0.717) is 22.6 Å². The molecule has 0 aliphatic rings. The van der Waals surface area contributed by atoms with Crippen LogP contribution in [0.3, 0.4) is 0 Å². The van der Waals surface area contributed by atoms with Gasteiger partial charge in [-0.05, 0) is 66.7 Å². The minimum absolute atomic E-state index is 0.204. The van der Waals surface area contributed by atoms with Gasteiger partial charge < -0.3 is 15.2 Å². The number of benzene rings is 2. The Balaban J connectivity index is 1.29. The van der Waals surface area contributed by atoms with E-state index >= 15 is 0 Å². The molecule has 5 aromatic rings. The van der Waals surface area contributed by atoms with Crippen molar-refractivity contribution in [3.05, 3.63) is 109 Å². The van der Waals surface area contributed by atoms with Gasteiger partial charge in [0.25, 0.3) is 5.91 Å². The first-order chi connectivity index (χ1) is 16.6. The molecule has 0 radical (unpaired) electrons. The van der Waals surface area contributed by atoms with Gasteiger partial charge in [-0.25, -0.2) is 15.0 Å². The molecule has 0 saturated heterocycles. The standard InChI is InChI=1S/C26H21N7O/c1-33-14-11-20(12-15-33)30-21-4-2-5-22(16-21)32-26(34)18-7-9-19(10-8-18)31-25-24-23(28-17-29-25)6-3-13-27-24/h2-17H,1H3,(H,32,34)(H,28,29,31). The van der Waals surface area contributed by atoms with Crippen molar-refractivity contribution in [2.45, 2.75) is 0 Å². The first kappa shape index (κ1) is 21.0. The number of pyridine rings is 2. The zero-order valence-corrected chi connectivity index (χ0v) is 18.4. The third-order valence-corrected chi connectivity index (χ3v) is 5.13. The van der Waals surface area contributed by atoms with Gasteiger partial charge in [-0.15, -0.1) is 0 Å². The van der Waals surface area contributed by atoms with Crippen molar-refractivity contribution in [1.29, 1.82) is 0 Å². The monoisotopic (exact) mass is 447 g/mol. The highest BCUT2D eigenvalue weighted by Gasteiger charge is 2.08. The van der Waals surface area contributed by atoms with Gasteiger partial charge in [0.1, 0.15) is 11.8 Å². The second-order valence-corrected chi connectivity index (χ2v) is 7.63. The first-order valence-electron chi connectivity index (χ1n) is 10.7. The number of hydrogen-bond donors (Lipinski definition) is 2. The summed E-state index contributed by atoms with van der Waals surface area (Å²) >= 11 is 0. The van der Waals surface area contributed by atoms with Crippen LogP contribution >= 0.6 is 0 Å². The summed E-state index contributed by atoms with van der Waals surface area (Å²) in [6.07, 6.45) is 7.07. The SMILES string of the molecule is Cn1ccc(=Nc2cccc(NC(=O)c3ccc(Nc4ncnc5cccnc45)cc3)c2)cc1. The van der Waals surface area contributed by atoms with Gasteiger partial charge in [0, 0.05) is 42.6 Å². The minimum Gasteiger partial charge on any atom is -0.357 e. The normalized spacial score (nSPS) is 10.6. The number of carbonyl (C=O) groups is 1. The largest absolute Gasteiger partial charge is 0.357 e. The average molecular weight is 448 g/mol. The van der Waals surface area contributed by atoms with Crippen LogP contribution < -0.4 is 16.0 Å². The van der Waals surface area contributed by atoms with Crippen LogP contribution in [0, 0.1) is 0 Å².